The first-order valence-electron chi connectivity index (χ1n) is 5.83. The van der Waals surface area contributed by atoms with Crippen LogP contribution >= 0.6 is 0 Å². The molecule has 1 aromatic rings. The Morgan fingerprint density at radius 2 is 2.37 bits per heavy atom. The molecule has 6 heteroatoms. The van der Waals surface area contributed by atoms with E-state index in [1.54, 1.807) is 18.2 Å². The minimum Gasteiger partial charge on any atom is -0.495 e. The van der Waals surface area contributed by atoms with Gasteiger partial charge in [-0.3, -0.25) is 4.79 Å². The monoisotopic (exact) mass is 262 g/mol. The van der Waals surface area contributed by atoms with Crippen molar-refractivity contribution in [2.45, 2.75) is 6.10 Å². The zero-order valence-corrected chi connectivity index (χ0v) is 10.5. The number of hydrogen-bond acceptors (Lipinski definition) is 5. The summed E-state index contributed by atoms with van der Waals surface area (Å²) in [6.45, 7) is 1.15. The van der Waals surface area contributed by atoms with Gasteiger partial charge in [-0.05, 0) is 12.1 Å². The highest BCUT2D eigenvalue weighted by molar-refractivity contribution is 5.95. The lowest BCUT2D eigenvalue weighted by atomic mass is 10.2. The molecule has 1 aliphatic rings. The van der Waals surface area contributed by atoms with E-state index in [0.717, 1.165) is 0 Å². The van der Waals surface area contributed by atoms with E-state index in [1.807, 2.05) is 6.07 Å². The first-order chi connectivity index (χ1) is 9.24. The Bertz CT molecular complexity index is 504. The highest BCUT2D eigenvalue weighted by atomic mass is 16.6. The van der Waals surface area contributed by atoms with Gasteiger partial charge >= 0.3 is 0 Å². The molecule has 1 aliphatic heterocycles. The molecule has 2 rings (SSSR count). The maximum absolute atomic E-state index is 12.0. The molecule has 0 aromatic heterocycles. The third kappa shape index (κ3) is 3.22. The number of amides is 1. The maximum Gasteiger partial charge on any atom is 0.256 e. The maximum atomic E-state index is 12.0. The summed E-state index contributed by atoms with van der Waals surface area (Å²) in [6, 6.07) is 6.80. The van der Waals surface area contributed by atoms with Crippen LogP contribution in [0, 0.1) is 11.3 Å². The smallest absolute Gasteiger partial charge is 0.256 e. The van der Waals surface area contributed by atoms with Gasteiger partial charge in [0.25, 0.3) is 5.91 Å². The van der Waals surface area contributed by atoms with Crippen LogP contribution in [0.3, 0.4) is 0 Å². The normalized spacial score (nSPS) is 18.4. The van der Waals surface area contributed by atoms with Gasteiger partial charge < -0.3 is 19.5 Å². The number of nitrogens with one attached hydrogen (secondary N) is 1. The average molecular weight is 262 g/mol. The number of carbonyl (C=O) groups excluding carboxylic acids is 1. The number of ether oxygens (including phenoxy) is 3. The largest absolute Gasteiger partial charge is 0.495 e. The van der Waals surface area contributed by atoms with Crippen molar-refractivity contribution in [3.8, 4) is 11.8 Å². The molecule has 0 radical (unpaired) electrons. The molecular formula is C13H14N2O4. The number of carbonyl (C=O) groups is 1. The molecule has 19 heavy (non-hydrogen) atoms. The van der Waals surface area contributed by atoms with E-state index in [0.29, 0.717) is 30.2 Å². The predicted octanol–water partition coefficient (Wildman–Crippen LogP) is 0.921. The van der Waals surface area contributed by atoms with Crippen molar-refractivity contribution in [3.63, 3.8) is 0 Å². The van der Waals surface area contributed by atoms with E-state index in [1.165, 1.54) is 7.11 Å². The summed E-state index contributed by atoms with van der Waals surface area (Å²) in [5.74, 6) is 0.145. The molecule has 1 fully saturated rings. The molecule has 1 atom stereocenters. The SMILES string of the molecule is COc1cc(C#N)ccc1NC(=O)C1COCCO1. The topological polar surface area (TPSA) is 80.6 Å². The molecule has 1 amide bonds. The Kier molecular flexibility index (Phi) is 4.34. The number of hydrogen-bond donors (Lipinski definition) is 1. The second-order valence-electron chi connectivity index (χ2n) is 3.95. The minimum absolute atomic E-state index is 0.241. The number of nitriles is 1. The summed E-state index contributed by atoms with van der Waals surface area (Å²) in [5, 5.41) is 11.5. The van der Waals surface area contributed by atoms with E-state index in [2.05, 4.69) is 5.32 Å². The summed E-state index contributed by atoms with van der Waals surface area (Å²) >= 11 is 0. The van der Waals surface area contributed by atoms with Crippen LogP contribution in [0.4, 0.5) is 5.69 Å². The zero-order valence-electron chi connectivity index (χ0n) is 10.5. The van der Waals surface area contributed by atoms with E-state index < -0.39 is 6.10 Å². The van der Waals surface area contributed by atoms with Gasteiger partial charge in [0.1, 0.15) is 5.75 Å². The first kappa shape index (κ1) is 13.3. The number of methoxy groups -OCH3 is 1. The molecule has 100 valence electrons. The van der Waals surface area contributed by atoms with Gasteiger partial charge in [0.2, 0.25) is 0 Å². The molecule has 1 N–H and O–H groups in total. The van der Waals surface area contributed by atoms with Crippen molar-refractivity contribution < 1.29 is 19.0 Å². The summed E-state index contributed by atoms with van der Waals surface area (Å²) < 4.78 is 15.6. The molecule has 1 aromatic carbocycles. The van der Waals surface area contributed by atoms with Crippen LogP contribution in [0.1, 0.15) is 5.56 Å². The van der Waals surface area contributed by atoms with Gasteiger partial charge in [-0.15, -0.1) is 0 Å². The Balaban J connectivity index is 2.09. The third-order valence-electron chi connectivity index (χ3n) is 2.70. The van der Waals surface area contributed by atoms with Crippen LogP contribution in [0.2, 0.25) is 0 Å². The lowest BCUT2D eigenvalue weighted by molar-refractivity contribution is -0.142. The van der Waals surface area contributed by atoms with E-state index in [9.17, 15) is 4.79 Å². The molecule has 1 unspecified atom stereocenters. The van der Waals surface area contributed by atoms with Crippen molar-refractivity contribution in [1.82, 2.24) is 0 Å². The highest BCUT2D eigenvalue weighted by Gasteiger charge is 2.23. The van der Waals surface area contributed by atoms with Gasteiger partial charge in [-0.2, -0.15) is 5.26 Å². The van der Waals surface area contributed by atoms with Crippen LogP contribution in [0.15, 0.2) is 18.2 Å². The van der Waals surface area contributed by atoms with Gasteiger partial charge in [0, 0.05) is 6.07 Å². The van der Waals surface area contributed by atoms with Crippen LogP contribution in [-0.2, 0) is 14.3 Å². The first-order valence-corrected chi connectivity index (χ1v) is 5.83. The van der Waals surface area contributed by atoms with Gasteiger partial charge in [0.15, 0.2) is 6.10 Å². The number of anilines is 1. The summed E-state index contributed by atoms with van der Waals surface area (Å²) in [7, 11) is 1.48. The van der Waals surface area contributed by atoms with E-state index in [-0.39, 0.29) is 12.5 Å². The van der Waals surface area contributed by atoms with Crippen molar-refractivity contribution in [2.24, 2.45) is 0 Å². The second kappa shape index (κ2) is 6.18. The molecule has 0 saturated carbocycles. The van der Waals surface area contributed by atoms with E-state index >= 15 is 0 Å². The van der Waals surface area contributed by atoms with Crippen LogP contribution in [0.5, 0.6) is 5.75 Å². The summed E-state index contributed by atoms with van der Waals surface area (Å²) in [4.78, 5) is 12.0. The molecular weight excluding hydrogens is 248 g/mol. The van der Waals surface area contributed by atoms with Gasteiger partial charge in [0.05, 0.1) is 44.3 Å². The van der Waals surface area contributed by atoms with Crippen molar-refractivity contribution in [1.29, 1.82) is 5.26 Å². The van der Waals surface area contributed by atoms with Crippen molar-refractivity contribution >= 4 is 11.6 Å². The molecule has 0 aliphatic carbocycles. The average Bonchev–Trinajstić information content (AvgIpc) is 2.48. The number of benzene rings is 1. The van der Waals surface area contributed by atoms with Crippen molar-refractivity contribution in [3.05, 3.63) is 23.8 Å². The highest BCUT2D eigenvalue weighted by Crippen LogP contribution is 2.25. The quantitative estimate of drug-likeness (QED) is 0.876. The summed E-state index contributed by atoms with van der Waals surface area (Å²) in [5.41, 5.74) is 0.966. The Hall–Kier alpha value is -2.10. The fourth-order valence-corrected chi connectivity index (χ4v) is 1.72. The van der Waals surface area contributed by atoms with Crippen LogP contribution in [-0.4, -0.2) is 38.9 Å². The molecule has 1 saturated heterocycles. The summed E-state index contributed by atoms with van der Waals surface area (Å²) in [6.07, 6.45) is -0.617. The minimum atomic E-state index is -0.617. The van der Waals surface area contributed by atoms with Crippen LogP contribution in [0.25, 0.3) is 0 Å². The Morgan fingerprint density at radius 1 is 1.53 bits per heavy atom. The zero-order chi connectivity index (χ0) is 13.7. The third-order valence-corrected chi connectivity index (χ3v) is 2.70. The van der Waals surface area contributed by atoms with Gasteiger partial charge in [-0.1, -0.05) is 0 Å². The standard InChI is InChI=1S/C13H14N2O4/c1-17-11-6-9(7-14)2-3-10(11)15-13(16)12-8-18-4-5-19-12/h2-3,6,12H,4-5,8H2,1H3,(H,15,16). The van der Waals surface area contributed by atoms with Crippen LogP contribution < -0.4 is 10.1 Å². The lowest BCUT2D eigenvalue weighted by Gasteiger charge is -2.22. The Morgan fingerprint density at radius 3 is 3.00 bits per heavy atom. The lowest BCUT2D eigenvalue weighted by Crippen LogP contribution is -2.39. The van der Waals surface area contributed by atoms with Crippen molar-refractivity contribution in [2.75, 3.05) is 32.2 Å². The second-order valence-corrected chi connectivity index (χ2v) is 3.95. The van der Waals surface area contributed by atoms with E-state index in [4.69, 9.17) is 19.5 Å². The van der Waals surface area contributed by atoms with Gasteiger partial charge in [-0.25, -0.2) is 0 Å². The fraction of sp³-hybridized carbons (Fsp3) is 0.385. The predicted molar refractivity (Wildman–Crippen MR) is 66.9 cm³/mol. The molecule has 6 nitrogen and oxygen atoms in total. The number of nitrogens with zero attached hydrogens (tertiary/aromatic N) is 1. The molecule has 1 heterocycles. The molecule has 0 spiro atoms. The number of rotatable bonds is 3. The molecule has 0 bridgehead atoms. The Labute approximate surface area is 110 Å². The fourth-order valence-electron chi connectivity index (χ4n) is 1.72.